The average Bonchev–Trinajstić information content (AvgIpc) is 2.59. The molecule has 1 heterocycles. The molecule has 0 radical (unpaired) electrons. The summed E-state index contributed by atoms with van der Waals surface area (Å²) in [6.45, 7) is 7.09. The predicted molar refractivity (Wildman–Crippen MR) is 102 cm³/mol. The minimum Gasteiger partial charge on any atom is -0.491 e. The van der Waals surface area contributed by atoms with Crippen LogP contribution in [0.5, 0.6) is 5.75 Å². The van der Waals surface area contributed by atoms with Crippen LogP contribution in [0.1, 0.15) is 36.5 Å². The van der Waals surface area contributed by atoms with Gasteiger partial charge in [-0.15, -0.1) is 0 Å². The van der Waals surface area contributed by atoms with Gasteiger partial charge in [-0.3, -0.25) is 4.79 Å². The number of amides is 1. The van der Waals surface area contributed by atoms with Crippen molar-refractivity contribution in [1.29, 1.82) is 0 Å². The lowest BCUT2D eigenvalue weighted by molar-refractivity contribution is 0.102. The van der Waals surface area contributed by atoms with Crippen LogP contribution in [0.25, 0.3) is 0 Å². The van der Waals surface area contributed by atoms with Gasteiger partial charge in [0.1, 0.15) is 11.4 Å². The van der Waals surface area contributed by atoms with Crippen molar-refractivity contribution < 1.29 is 14.3 Å². The van der Waals surface area contributed by atoms with Crippen LogP contribution in [0.4, 0.5) is 11.6 Å². The molecule has 0 bridgehead atoms. The van der Waals surface area contributed by atoms with E-state index in [1.165, 1.54) is 0 Å². The molecular formula is C19H26N4O3. The third-order valence-electron chi connectivity index (χ3n) is 3.38. The quantitative estimate of drug-likeness (QED) is 0.669. The van der Waals surface area contributed by atoms with Gasteiger partial charge < -0.3 is 20.1 Å². The van der Waals surface area contributed by atoms with Gasteiger partial charge in [0.15, 0.2) is 0 Å². The minimum atomic E-state index is -0.284. The summed E-state index contributed by atoms with van der Waals surface area (Å²) in [6.07, 6.45) is 0.939. The molecule has 0 unspecified atom stereocenters. The normalized spacial score (nSPS) is 10.7. The van der Waals surface area contributed by atoms with Crippen LogP contribution in [0.2, 0.25) is 0 Å². The van der Waals surface area contributed by atoms with E-state index < -0.39 is 0 Å². The van der Waals surface area contributed by atoms with Gasteiger partial charge in [0, 0.05) is 31.6 Å². The summed E-state index contributed by atoms with van der Waals surface area (Å²) in [5.41, 5.74) is 1.71. The number of aromatic nitrogens is 2. The number of benzene rings is 1. The van der Waals surface area contributed by atoms with E-state index in [-0.39, 0.29) is 12.0 Å². The summed E-state index contributed by atoms with van der Waals surface area (Å²) >= 11 is 0. The minimum absolute atomic E-state index is 0.106. The first-order valence-electron chi connectivity index (χ1n) is 8.64. The number of anilines is 2. The summed E-state index contributed by atoms with van der Waals surface area (Å²) in [5.74, 6) is 0.915. The number of rotatable bonds is 9. The fourth-order valence-corrected chi connectivity index (χ4v) is 2.26. The Kier molecular flexibility index (Phi) is 7.35. The van der Waals surface area contributed by atoms with E-state index >= 15 is 0 Å². The van der Waals surface area contributed by atoms with Crippen molar-refractivity contribution in [2.75, 3.05) is 30.9 Å². The number of nitrogens with zero attached hydrogens (tertiary/aromatic N) is 2. The van der Waals surface area contributed by atoms with Gasteiger partial charge in [-0.05, 0) is 57.5 Å². The molecule has 1 aromatic heterocycles. The molecule has 7 nitrogen and oxygen atoms in total. The van der Waals surface area contributed by atoms with Crippen LogP contribution in [-0.4, -0.2) is 42.2 Å². The van der Waals surface area contributed by atoms with E-state index in [0.717, 1.165) is 17.9 Å². The van der Waals surface area contributed by atoms with Gasteiger partial charge in [-0.25, -0.2) is 9.97 Å². The highest BCUT2D eigenvalue weighted by molar-refractivity contribution is 6.03. The molecule has 0 atom stereocenters. The fraction of sp³-hybridized carbons (Fsp3) is 0.421. The molecule has 0 aliphatic rings. The van der Waals surface area contributed by atoms with Crippen molar-refractivity contribution in [3.63, 3.8) is 0 Å². The first-order chi connectivity index (χ1) is 12.5. The number of methoxy groups -OCH3 is 1. The number of ether oxygens (including phenoxy) is 2. The smallest absolute Gasteiger partial charge is 0.274 e. The molecule has 0 aliphatic carbocycles. The Hall–Kier alpha value is -2.67. The number of hydrogen-bond donors (Lipinski definition) is 2. The Morgan fingerprint density at radius 3 is 2.58 bits per heavy atom. The topological polar surface area (TPSA) is 85.4 Å². The van der Waals surface area contributed by atoms with E-state index in [2.05, 4.69) is 20.6 Å². The van der Waals surface area contributed by atoms with Crippen LogP contribution in [0.15, 0.2) is 30.3 Å². The zero-order valence-electron chi connectivity index (χ0n) is 15.7. The number of carbonyl (C=O) groups is 1. The maximum absolute atomic E-state index is 12.5. The maximum Gasteiger partial charge on any atom is 0.274 e. The number of hydrogen-bond acceptors (Lipinski definition) is 6. The highest BCUT2D eigenvalue weighted by Crippen LogP contribution is 2.17. The van der Waals surface area contributed by atoms with Crippen molar-refractivity contribution in [3.05, 3.63) is 41.7 Å². The van der Waals surface area contributed by atoms with E-state index in [1.807, 2.05) is 32.9 Å². The van der Waals surface area contributed by atoms with Gasteiger partial charge >= 0.3 is 0 Å². The third kappa shape index (κ3) is 6.33. The molecule has 0 fully saturated rings. The molecule has 1 amide bonds. The Bertz CT molecular complexity index is 717. The molecule has 0 saturated carbocycles. The highest BCUT2D eigenvalue weighted by atomic mass is 16.5. The molecule has 140 valence electrons. The first kappa shape index (κ1) is 19.7. The molecule has 0 saturated heterocycles. The zero-order valence-corrected chi connectivity index (χ0v) is 15.7. The lowest BCUT2D eigenvalue weighted by atomic mass is 10.2. The molecule has 26 heavy (non-hydrogen) atoms. The van der Waals surface area contributed by atoms with Gasteiger partial charge in [-0.1, -0.05) is 0 Å². The lowest BCUT2D eigenvalue weighted by Crippen LogP contribution is -2.16. The van der Waals surface area contributed by atoms with Crippen LogP contribution in [0, 0.1) is 6.92 Å². The summed E-state index contributed by atoms with van der Waals surface area (Å²) in [6, 6.07) is 8.90. The Labute approximate surface area is 154 Å². The Morgan fingerprint density at radius 1 is 1.19 bits per heavy atom. The largest absolute Gasteiger partial charge is 0.491 e. The summed E-state index contributed by atoms with van der Waals surface area (Å²) < 4.78 is 10.6. The molecule has 2 N–H and O–H groups in total. The molecule has 0 spiro atoms. The van der Waals surface area contributed by atoms with Crippen molar-refractivity contribution in [2.45, 2.75) is 33.3 Å². The monoisotopic (exact) mass is 358 g/mol. The molecular weight excluding hydrogens is 332 g/mol. The highest BCUT2D eigenvalue weighted by Gasteiger charge is 2.11. The van der Waals surface area contributed by atoms with E-state index in [0.29, 0.717) is 30.5 Å². The van der Waals surface area contributed by atoms with Crippen LogP contribution in [-0.2, 0) is 4.74 Å². The van der Waals surface area contributed by atoms with Gasteiger partial charge in [0.25, 0.3) is 5.91 Å². The van der Waals surface area contributed by atoms with Gasteiger partial charge in [0.2, 0.25) is 5.95 Å². The lowest BCUT2D eigenvalue weighted by Gasteiger charge is -2.11. The van der Waals surface area contributed by atoms with E-state index in [9.17, 15) is 4.79 Å². The summed E-state index contributed by atoms with van der Waals surface area (Å²) in [7, 11) is 1.66. The maximum atomic E-state index is 12.5. The zero-order chi connectivity index (χ0) is 18.9. The van der Waals surface area contributed by atoms with Crippen LogP contribution >= 0.6 is 0 Å². The summed E-state index contributed by atoms with van der Waals surface area (Å²) in [5, 5.41) is 5.94. The first-order valence-corrected chi connectivity index (χ1v) is 8.64. The van der Waals surface area contributed by atoms with E-state index in [4.69, 9.17) is 9.47 Å². The second-order valence-corrected chi connectivity index (χ2v) is 6.14. The summed E-state index contributed by atoms with van der Waals surface area (Å²) in [4.78, 5) is 21.1. The predicted octanol–water partition coefficient (Wildman–Crippen LogP) is 3.27. The Balaban J connectivity index is 2.00. The van der Waals surface area contributed by atoms with Crippen LogP contribution in [0.3, 0.4) is 0 Å². The molecule has 1 aromatic carbocycles. The SMILES string of the molecule is COCCCNc1nc(C)cc(C(=O)Nc2ccc(OC(C)C)cc2)n1. The van der Waals surface area contributed by atoms with Crippen molar-refractivity contribution >= 4 is 17.5 Å². The number of carbonyl (C=O) groups excluding carboxylic acids is 1. The third-order valence-corrected chi connectivity index (χ3v) is 3.38. The molecule has 2 rings (SSSR count). The second-order valence-electron chi connectivity index (χ2n) is 6.14. The van der Waals surface area contributed by atoms with Crippen LogP contribution < -0.4 is 15.4 Å². The second kappa shape index (κ2) is 9.72. The molecule has 2 aromatic rings. The van der Waals surface area contributed by atoms with Crippen molar-refractivity contribution in [2.24, 2.45) is 0 Å². The van der Waals surface area contributed by atoms with Crippen molar-refractivity contribution in [1.82, 2.24) is 9.97 Å². The number of aryl methyl sites for hydroxylation is 1. The van der Waals surface area contributed by atoms with Gasteiger partial charge in [-0.2, -0.15) is 0 Å². The van der Waals surface area contributed by atoms with Gasteiger partial charge in [0.05, 0.1) is 6.10 Å². The number of nitrogens with one attached hydrogen (secondary N) is 2. The van der Waals surface area contributed by atoms with E-state index in [1.54, 1.807) is 25.3 Å². The molecule has 7 heteroatoms. The Morgan fingerprint density at radius 2 is 1.92 bits per heavy atom. The van der Waals surface area contributed by atoms with Crippen molar-refractivity contribution in [3.8, 4) is 5.75 Å². The standard InChI is InChI=1S/C19H26N4O3/c1-13(2)26-16-8-6-15(7-9-16)22-18(24)17-12-14(3)21-19(23-17)20-10-5-11-25-4/h6-9,12-13H,5,10-11H2,1-4H3,(H,22,24)(H,20,21,23). The average molecular weight is 358 g/mol. The molecule has 0 aliphatic heterocycles. The fourth-order valence-electron chi connectivity index (χ4n) is 2.26.